The third-order valence-corrected chi connectivity index (χ3v) is 5.84. The number of methoxy groups -OCH3 is 1. The fourth-order valence-electron chi connectivity index (χ4n) is 3.88. The van der Waals surface area contributed by atoms with Gasteiger partial charge in [0.05, 0.1) is 17.6 Å². The largest absolute Gasteiger partial charge is 0.495 e. The summed E-state index contributed by atoms with van der Waals surface area (Å²) in [6.07, 6.45) is 2.16. The Balaban J connectivity index is 1.63. The summed E-state index contributed by atoms with van der Waals surface area (Å²) in [5.74, 6) is 2.99. The van der Waals surface area contributed by atoms with Crippen molar-refractivity contribution >= 4 is 27.6 Å². The lowest BCUT2D eigenvalue weighted by Crippen LogP contribution is -2.41. The number of rotatable bonds is 4. The SMILES string of the molecule is CNC1=C2CCC(c3ccccc3)C2N=C(Nc2ccc(Br)c(OC)c2)N1. The second-order valence-corrected chi connectivity index (χ2v) is 7.58. The van der Waals surface area contributed by atoms with Crippen molar-refractivity contribution < 1.29 is 4.74 Å². The number of halogens is 1. The molecule has 1 saturated carbocycles. The molecule has 27 heavy (non-hydrogen) atoms. The molecule has 1 heterocycles. The summed E-state index contributed by atoms with van der Waals surface area (Å²) in [6, 6.07) is 16.8. The highest BCUT2D eigenvalue weighted by molar-refractivity contribution is 9.10. The standard InChI is InChI=1S/C21H23BrN4O/c1-23-20-16-10-9-15(13-6-4-3-5-7-13)19(16)25-21(26-20)24-14-8-11-17(22)18(12-14)27-2/h3-8,11-12,15,19,23H,9-10H2,1-2H3,(H2,24,25,26). The predicted octanol–water partition coefficient (Wildman–Crippen LogP) is 4.21. The van der Waals surface area contributed by atoms with Gasteiger partial charge in [-0.2, -0.15) is 0 Å². The molecule has 1 aliphatic carbocycles. The average molecular weight is 427 g/mol. The number of nitrogens with one attached hydrogen (secondary N) is 3. The number of ether oxygens (including phenoxy) is 1. The van der Waals surface area contributed by atoms with Crippen molar-refractivity contribution in [2.45, 2.75) is 24.8 Å². The number of aliphatic imine (C=N–C) groups is 1. The van der Waals surface area contributed by atoms with E-state index in [-0.39, 0.29) is 6.04 Å². The number of hydrogen-bond acceptors (Lipinski definition) is 5. The van der Waals surface area contributed by atoms with Gasteiger partial charge in [-0.1, -0.05) is 30.3 Å². The second-order valence-electron chi connectivity index (χ2n) is 6.73. The minimum atomic E-state index is 0.149. The first-order valence-electron chi connectivity index (χ1n) is 9.10. The maximum atomic E-state index is 5.39. The van der Waals surface area contributed by atoms with E-state index in [0.717, 1.165) is 40.5 Å². The molecular formula is C21H23BrN4O. The maximum absolute atomic E-state index is 5.39. The minimum Gasteiger partial charge on any atom is -0.495 e. The normalized spacial score (nSPS) is 21.2. The summed E-state index contributed by atoms with van der Waals surface area (Å²) in [7, 11) is 3.62. The van der Waals surface area contributed by atoms with E-state index in [1.54, 1.807) is 7.11 Å². The summed E-state index contributed by atoms with van der Waals surface area (Å²) in [5.41, 5.74) is 3.63. The molecule has 2 aromatic rings. The first kappa shape index (κ1) is 17.9. The van der Waals surface area contributed by atoms with Gasteiger partial charge < -0.3 is 20.7 Å². The molecule has 4 rings (SSSR count). The molecule has 0 radical (unpaired) electrons. The van der Waals surface area contributed by atoms with E-state index >= 15 is 0 Å². The van der Waals surface area contributed by atoms with E-state index < -0.39 is 0 Å². The van der Waals surface area contributed by atoms with Gasteiger partial charge in [0.25, 0.3) is 0 Å². The van der Waals surface area contributed by atoms with Gasteiger partial charge in [-0.15, -0.1) is 0 Å². The number of guanidine groups is 1. The smallest absolute Gasteiger partial charge is 0.202 e. The van der Waals surface area contributed by atoms with Gasteiger partial charge in [-0.05, 0) is 52.0 Å². The third kappa shape index (κ3) is 3.54. The molecule has 1 fully saturated rings. The molecule has 0 bridgehead atoms. The monoisotopic (exact) mass is 426 g/mol. The fourth-order valence-corrected chi connectivity index (χ4v) is 4.29. The Morgan fingerprint density at radius 3 is 2.74 bits per heavy atom. The molecule has 2 aliphatic rings. The molecule has 2 aromatic carbocycles. The van der Waals surface area contributed by atoms with Gasteiger partial charge in [-0.25, -0.2) is 4.99 Å². The van der Waals surface area contributed by atoms with Gasteiger partial charge in [0.15, 0.2) is 0 Å². The Hall–Kier alpha value is -2.47. The average Bonchev–Trinajstić information content (AvgIpc) is 3.13. The molecule has 0 aromatic heterocycles. The number of fused-ring (bicyclic) bond motifs is 1. The van der Waals surface area contributed by atoms with Crippen molar-refractivity contribution in [3.8, 4) is 5.75 Å². The second kappa shape index (κ2) is 7.64. The summed E-state index contributed by atoms with van der Waals surface area (Å²) >= 11 is 3.49. The highest BCUT2D eigenvalue weighted by Crippen LogP contribution is 2.42. The lowest BCUT2D eigenvalue weighted by molar-refractivity contribution is 0.412. The lowest BCUT2D eigenvalue weighted by atomic mass is 9.93. The molecular weight excluding hydrogens is 404 g/mol. The molecule has 2 unspecified atom stereocenters. The highest BCUT2D eigenvalue weighted by Gasteiger charge is 2.37. The Bertz CT molecular complexity index is 894. The molecule has 6 heteroatoms. The zero-order valence-corrected chi connectivity index (χ0v) is 17.0. The van der Waals surface area contributed by atoms with E-state index in [1.807, 2.05) is 25.2 Å². The zero-order valence-electron chi connectivity index (χ0n) is 15.4. The van der Waals surface area contributed by atoms with Crippen molar-refractivity contribution in [1.29, 1.82) is 0 Å². The van der Waals surface area contributed by atoms with Crippen LogP contribution in [-0.2, 0) is 0 Å². The molecule has 3 N–H and O–H groups in total. The van der Waals surface area contributed by atoms with Crippen LogP contribution in [-0.4, -0.2) is 26.2 Å². The lowest BCUT2D eigenvalue weighted by Gasteiger charge is -2.27. The van der Waals surface area contributed by atoms with Crippen molar-refractivity contribution in [2.75, 3.05) is 19.5 Å². The Kier molecular flexibility index (Phi) is 5.07. The molecule has 1 aliphatic heterocycles. The number of hydrogen-bond donors (Lipinski definition) is 3. The first-order chi connectivity index (χ1) is 13.2. The van der Waals surface area contributed by atoms with E-state index in [1.165, 1.54) is 11.1 Å². The van der Waals surface area contributed by atoms with Crippen LogP contribution in [0.4, 0.5) is 5.69 Å². The van der Waals surface area contributed by atoms with Gasteiger partial charge in [0, 0.05) is 24.7 Å². The predicted molar refractivity (Wildman–Crippen MR) is 113 cm³/mol. The number of nitrogens with zero attached hydrogens (tertiary/aromatic N) is 1. The van der Waals surface area contributed by atoms with Crippen LogP contribution in [0.5, 0.6) is 5.75 Å². The van der Waals surface area contributed by atoms with Crippen LogP contribution in [0.3, 0.4) is 0 Å². The fraction of sp³-hybridized carbons (Fsp3) is 0.286. The molecule has 140 valence electrons. The van der Waals surface area contributed by atoms with E-state index in [9.17, 15) is 0 Å². The molecule has 5 nitrogen and oxygen atoms in total. The van der Waals surface area contributed by atoms with E-state index in [0.29, 0.717) is 5.92 Å². The van der Waals surface area contributed by atoms with Gasteiger partial charge in [0.1, 0.15) is 11.6 Å². The summed E-state index contributed by atoms with van der Waals surface area (Å²) in [6.45, 7) is 0. The van der Waals surface area contributed by atoms with Gasteiger partial charge >= 0.3 is 0 Å². The Labute approximate surface area is 168 Å². The number of anilines is 1. The van der Waals surface area contributed by atoms with E-state index in [2.05, 4.69) is 62.2 Å². The zero-order chi connectivity index (χ0) is 18.8. The third-order valence-electron chi connectivity index (χ3n) is 5.19. The minimum absolute atomic E-state index is 0.149. The molecule has 0 saturated heterocycles. The van der Waals surface area contributed by atoms with Crippen LogP contribution in [0.2, 0.25) is 0 Å². The van der Waals surface area contributed by atoms with Crippen LogP contribution in [0.25, 0.3) is 0 Å². The molecule has 0 spiro atoms. The number of benzene rings is 2. The maximum Gasteiger partial charge on any atom is 0.202 e. The summed E-state index contributed by atoms with van der Waals surface area (Å²) in [5, 5.41) is 10.1. The Morgan fingerprint density at radius 1 is 1.19 bits per heavy atom. The van der Waals surface area contributed by atoms with Crippen molar-refractivity contribution in [3.05, 3.63) is 70.0 Å². The Morgan fingerprint density at radius 2 is 2.00 bits per heavy atom. The van der Waals surface area contributed by atoms with Crippen LogP contribution in [0.15, 0.2) is 69.4 Å². The van der Waals surface area contributed by atoms with Gasteiger partial charge in [0.2, 0.25) is 5.96 Å². The summed E-state index contributed by atoms with van der Waals surface area (Å²) < 4.78 is 6.32. The van der Waals surface area contributed by atoms with Crippen molar-refractivity contribution in [1.82, 2.24) is 10.6 Å². The van der Waals surface area contributed by atoms with Crippen LogP contribution >= 0.6 is 15.9 Å². The van der Waals surface area contributed by atoms with Crippen molar-refractivity contribution in [2.24, 2.45) is 4.99 Å². The first-order valence-corrected chi connectivity index (χ1v) is 9.90. The summed E-state index contributed by atoms with van der Waals surface area (Å²) in [4.78, 5) is 5.02. The molecule has 2 atom stereocenters. The highest BCUT2D eigenvalue weighted by atomic mass is 79.9. The molecule has 0 amide bonds. The van der Waals surface area contributed by atoms with Crippen LogP contribution < -0.4 is 20.7 Å². The topological polar surface area (TPSA) is 57.7 Å². The van der Waals surface area contributed by atoms with Gasteiger partial charge in [-0.3, -0.25) is 0 Å². The van der Waals surface area contributed by atoms with E-state index in [4.69, 9.17) is 9.73 Å². The van der Waals surface area contributed by atoms with Crippen LogP contribution in [0, 0.1) is 0 Å². The van der Waals surface area contributed by atoms with Crippen LogP contribution in [0.1, 0.15) is 24.3 Å². The quantitative estimate of drug-likeness (QED) is 0.685. The van der Waals surface area contributed by atoms with Crippen molar-refractivity contribution in [3.63, 3.8) is 0 Å².